The van der Waals surface area contributed by atoms with Gasteiger partial charge in [0.05, 0.1) is 11.9 Å². The van der Waals surface area contributed by atoms with Crippen LogP contribution < -0.4 is 5.43 Å². The fourth-order valence-electron chi connectivity index (χ4n) is 2.38. The van der Waals surface area contributed by atoms with E-state index in [0.717, 1.165) is 12.1 Å². The van der Waals surface area contributed by atoms with E-state index in [0.29, 0.717) is 6.42 Å². The first kappa shape index (κ1) is 15.2. The Morgan fingerprint density at radius 2 is 1.90 bits per heavy atom. The van der Waals surface area contributed by atoms with Crippen LogP contribution in [0.3, 0.4) is 0 Å². The molecule has 0 saturated carbocycles. The van der Waals surface area contributed by atoms with Crippen molar-refractivity contribution in [2.45, 2.75) is 32.7 Å². The average molecular weight is 295 g/mol. The molecule has 0 aliphatic carbocycles. The number of halogens is 2. The summed E-state index contributed by atoms with van der Waals surface area (Å²) in [5, 5.41) is 9.00. The second-order valence-corrected chi connectivity index (χ2v) is 4.98. The van der Waals surface area contributed by atoms with Crippen LogP contribution in [0.4, 0.5) is 8.78 Å². The number of pyridine rings is 1. The molecule has 0 saturated heterocycles. The molecule has 1 unspecified atom stereocenters. The zero-order valence-corrected chi connectivity index (χ0v) is 11.7. The first-order chi connectivity index (χ1) is 9.85. The number of carboxylic acids is 1. The third kappa shape index (κ3) is 2.79. The van der Waals surface area contributed by atoms with Gasteiger partial charge in [-0.05, 0) is 19.4 Å². The normalized spacial score (nSPS) is 12.6. The number of hydrogen-bond acceptors (Lipinski definition) is 2. The van der Waals surface area contributed by atoms with Gasteiger partial charge < -0.3 is 9.67 Å². The Morgan fingerprint density at radius 3 is 2.48 bits per heavy atom. The standard InChI is InChI=1S/C15H15F2NO3/c1-3-8(2)18-9(5-15(20)21)4-14(19)10-6-11(16)12(17)7-13(10)18/h4,6-8H,3,5H2,1-2H3,(H,20,21). The lowest BCUT2D eigenvalue weighted by Gasteiger charge is -2.21. The van der Waals surface area contributed by atoms with E-state index in [1.165, 1.54) is 6.07 Å². The van der Waals surface area contributed by atoms with Crippen LogP contribution in [0, 0.1) is 11.6 Å². The van der Waals surface area contributed by atoms with Crippen molar-refractivity contribution in [3.8, 4) is 0 Å². The van der Waals surface area contributed by atoms with Crippen LogP contribution in [0.15, 0.2) is 23.0 Å². The Kier molecular flexibility index (Phi) is 4.06. The molecule has 1 atom stereocenters. The Bertz CT molecular complexity index is 768. The average Bonchev–Trinajstić information content (AvgIpc) is 2.40. The number of carbonyl (C=O) groups is 1. The van der Waals surface area contributed by atoms with Gasteiger partial charge in [0.2, 0.25) is 0 Å². The van der Waals surface area contributed by atoms with Crippen molar-refractivity contribution in [2.75, 3.05) is 0 Å². The molecule has 0 aliphatic rings. The predicted molar refractivity (Wildman–Crippen MR) is 74.5 cm³/mol. The number of nitrogens with zero attached hydrogens (tertiary/aromatic N) is 1. The zero-order valence-electron chi connectivity index (χ0n) is 11.7. The maximum absolute atomic E-state index is 13.5. The van der Waals surface area contributed by atoms with Crippen molar-refractivity contribution in [2.24, 2.45) is 0 Å². The zero-order chi connectivity index (χ0) is 15.7. The smallest absolute Gasteiger partial charge is 0.309 e. The van der Waals surface area contributed by atoms with E-state index in [1.807, 2.05) is 13.8 Å². The molecule has 1 aromatic heterocycles. The van der Waals surface area contributed by atoms with Crippen LogP contribution in [0.25, 0.3) is 10.9 Å². The molecule has 0 aliphatic heterocycles. The van der Waals surface area contributed by atoms with E-state index in [9.17, 15) is 18.4 Å². The molecule has 0 fully saturated rings. The fourth-order valence-corrected chi connectivity index (χ4v) is 2.38. The van der Waals surface area contributed by atoms with Gasteiger partial charge in [0, 0.05) is 29.3 Å². The molecule has 4 nitrogen and oxygen atoms in total. The van der Waals surface area contributed by atoms with Gasteiger partial charge in [-0.2, -0.15) is 0 Å². The summed E-state index contributed by atoms with van der Waals surface area (Å²) in [5.74, 6) is -3.25. The Balaban J connectivity index is 2.88. The summed E-state index contributed by atoms with van der Waals surface area (Å²) in [6.07, 6.45) is 0.304. The number of aromatic nitrogens is 1. The molecule has 0 spiro atoms. The SMILES string of the molecule is CCC(C)n1c(CC(=O)O)cc(=O)c2cc(F)c(F)cc21. The number of carboxylic acid groups (broad SMARTS) is 1. The predicted octanol–water partition coefficient (Wildman–Crippen LogP) is 2.88. The lowest BCUT2D eigenvalue weighted by Crippen LogP contribution is -2.20. The van der Waals surface area contributed by atoms with E-state index >= 15 is 0 Å². The highest BCUT2D eigenvalue weighted by molar-refractivity contribution is 5.81. The number of fused-ring (bicyclic) bond motifs is 1. The fraction of sp³-hybridized carbons (Fsp3) is 0.333. The van der Waals surface area contributed by atoms with E-state index in [1.54, 1.807) is 4.57 Å². The van der Waals surface area contributed by atoms with E-state index in [2.05, 4.69) is 0 Å². The first-order valence-electron chi connectivity index (χ1n) is 6.60. The van der Waals surface area contributed by atoms with Crippen LogP contribution in [0.1, 0.15) is 32.0 Å². The first-order valence-corrected chi connectivity index (χ1v) is 6.60. The summed E-state index contributed by atoms with van der Waals surface area (Å²) < 4.78 is 28.4. The van der Waals surface area contributed by atoms with Crippen LogP contribution in [-0.4, -0.2) is 15.6 Å². The minimum Gasteiger partial charge on any atom is -0.481 e. The summed E-state index contributed by atoms with van der Waals surface area (Å²) >= 11 is 0. The second-order valence-electron chi connectivity index (χ2n) is 4.98. The Hall–Kier alpha value is -2.24. The monoisotopic (exact) mass is 295 g/mol. The van der Waals surface area contributed by atoms with Crippen LogP contribution in [0.2, 0.25) is 0 Å². The third-order valence-corrected chi connectivity index (χ3v) is 3.53. The molecule has 112 valence electrons. The van der Waals surface area contributed by atoms with Crippen LogP contribution in [-0.2, 0) is 11.2 Å². The quantitative estimate of drug-likeness (QED) is 0.943. The minimum absolute atomic E-state index is 0.0448. The van der Waals surface area contributed by atoms with E-state index in [-0.39, 0.29) is 29.1 Å². The van der Waals surface area contributed by atoms with Crippen LogP contribution >= 0.6 is 0 Å². The highest BCUT2D eigenvalue weighted by Gasteiger charge is 2.17. The molecule has 1 aromatic carbocycles. The van der Waals surface area contributed by atoms with Gasteiger partial charge in [-0.3, -0.25) is 9.59 Å². The molecule has 2 aromatic rings. The van der Waals surface area contributed by atoms with Gasteiger partial charge in [-0.15, -0.1) is 0 Å². The molecular formula is C15H15F2NO3. The largest absolute Gasteiger partial charge is 0.481 e. The van der Waals surface area contributed by atoms with Crippen molar-refractivity contribution in [1.29, 1.82) is 0 Å². The van der Waals surface area contributed by atoms with Gasteiger partial charge in [-0.25, -0.2) is 8.78 Å². The summed E-state index contributed by atoms with van der Waals surface area (Å²) in [6, 6.07) is 2.84. The number of rotatable bonds is 4. The van der Waals surface area contributed by atoms with Crippen molar-refractivity contribution >= 4 is 16.9 Å². The van der Waals surface area contributed by atoms with Gasteiger partial charge in [-0.1, -0.05) is 6.92 Å². The minimum atomic E-state index is -1.10. The molecule has 0 radical (unpaired) electrons. The Morgan fingerprint density at radius 1 is 1.29 bits per heavy atom. The number of benzene rings is 1. The van der Waals surface area contributed by atoms with Crippen molar-refractivity contribution in [1.82, 2.24) is 4.57 Å². The lowest BCUT2D eigenvalue weighted by atomic mass is 10.1. The van der Waals surface area contributed by atoms with Gasteiger partial charge >= 0.3 is 5.97 Å². The molecule has 0 amide bonds. The molecule has 6 heteroatoms. The Labute approximate surface area is 119 Å². The highest BCUT2D eigenvalue weighted by Crippen LogP contribution is 2.23. The van der Waals surface area contributed by atoms with Gasteiger partial charge in [0.1, 0.15) is 0 Å². The summed E-state index contributed by atoms with van der Waals surface area (Å²) in [7, 11) is 0. The molecule has 2 rings (SSSR count). The highest BCUT2D eigenvalue weighted by atomic mass is 19.2. The van der Waals surface area contributed by atoms with Gasteiger partial charge in [0.25, 0.3) is 0 Å². The summed E-state index contributed by atoms with van der Waals surface area (Å²) in [6.45, 7) is 3.72. The second kappa shape index (κ2) is 5.63. The van der Waals surface area contributed by atoms with Gasteiger partial charge in [0.15, 0.2) is 17.1 Å². The molecular weight excluding hydrogens is 280 g/mol. The molecule has 0 bridgehead atoms. The number of aliphatic carboxylic acids is 1. The van der Waals surface area contributed by atoms with Crippen LogP contribution in [0.5, 0.6) is 0 Å². The molecule has 21 heavy (non-hydrogen) atoms. The van der Waals surface area contributed by atoms with Crippen molar-refractivity contribution in [3.05, 3.63) is 45.8 Å². The maximum atomic E-state index is 13.5. The maximum Gasteiger partial charge on any atom is 0.309 e. The lowest BCUT2D eigenvalue weighted by molar-refractivity contribution is -0.136. The summed E-state index contributed by atoms with van der Waals surface area (Å²) in [4.78, 5) is 23.0. The third-order valence-electron chi connectivity index (χ3n) is 3.53. The van der Waals surface area contributed by atoms with Crippen molar-refractivity contribution < 1.29 is 18.7 Å². The van der Waals surface area contributed by atoms with Crippen molar-refractivity contribution in [3.63, 3.8) is 0 Å². The topological polar surface area (TPSA) is 59.3 Å². The molecule has 1 heterocycles. The summed E-state index contributed by atoms with van der Waals surface area (Å²) in [5.41, 5.74) is -0.0212. The molecule has 1 N–H and O–H groups in total. The van der Waals surface area contributed by atoms with E-state index in [4.69, 9.17) is 5.11 Å². The number of hydrogen-bond donors (Lipinski definition) is 1. The van der Waals surface area contributed by atoms with E-state index < -0.39 is 23.0 Å².